The van der Waals surface area contributed by atoms with Crippen molar-refractivity contribution in [1.29, 1.82) is 5.26 Å². The lowest BCUT2D eigenvalue weighted by Crippen LogP contribution is -2.13. The summed E-state index contributed by atoms with van der Waals surface area (Å²) in [5.74, 6) is -0.199. The van der Waals surface area contributed by atoms with Crippen LogP contribution in [-0.4, -0.2) is 19.0 Å². The van der Waals surface area contributed by atoms with E-state index in [2.05, 4.69) is 5.32 Å². The summed E-state index contributed by atoms with van der Waals surface area (Å²) in [5.41, 5.74) is 1.29. The van der Waals surface area contributed by atoms with E-state index >= 15 is 0 Å². The molecule has 160 valence electrons. The van der Waals surface area contributed by atoms with Gasteiger partial charge in [-0.1, -0.05) is 35.3 Å². The highest BCUT2D eigenvalue weighted by Gasteiger charge is 2.12. The highest BCUT2D eigenvalue weighted by atomic mass is 35.5. The minimum Gasteiger partial charge on any atom is -0.497 e. The van der Waals surface area contributed by atoms with Crippen molar-refractivity contribution in [1.82, 2.24) is 0 Å². The molecule has 3 aromatic rings. The number of halogens is 2. The van der Waals surface area contributed by atoms with Crippen LogP contribution >= 0.6 is 23.2 Å². The maximum Gasteiger partial charge on any atom is 0.343 e. The molecule has 0 unspecified atom stereocenters. The van der Waals surface area contributed by atoms with Gasteiger partial charge in [0.15, 0.2) is 0 Å². The van der Waals surface area contributed by atoms with Gasteiger partial charge in [-0.25, -0.2) is 4.79 Å². The average Bonchev–Trinajstić information content (AvgIpc) is 2.80. The maximum absolute atomic E-state index is 12.4. The van der Waals surface area contributed by atoms with Crippen molar-refractivity contribution < 1.29 is 19.1 Å². The summed E-state index contributed by atoms with van der Waals surface area (Å²) in [7, 11) is 1.55. The minimum absolute atomic E-state index is 0.0821. The van der Waals surface area contributed by atoms with E-state index in [4.69, 9.17) is 32.7 Å². The first kappa shape index (κ1) is 22.9. The number of ether oxygens (including phenoxy) is 2. The fraction of sp³-hybridized carbons (Fsp3) is 0.0417. The summed E-state index contributed by atoms with van der Waals surface area (Å²) in [6, 6.07) is 19.4. The molecule has 8 heteroatoms. The van der Waals surface area contributed by atoms with Gasteiger partial charge >= 0.3 is 5.97 Å². The van der Waals surface area contributed by atoms with Gasteiger partial charge in [0.25, 0.3) is 5.91 Å². The normalized spacial score (nSPS) is 10.8. The van der Waals surface area contributed by atoms with Gasteiger partial charge in [0.05, 0.1) is 22.7 Å². The largest absolute Gasteiger partial charge is 0.497 e. The van der Waals surface area contributed by atoms with Crippen LogP contribution in [0.25, 0.3) is 6.08 Å². The van der Waals surface area contributed by atoms with E-state index in [-0.39, 0.29) is 16.2 Å². The standard InChI is InChI=1S/C24H16Cl2N2O4/c1-31-19-9-5-18(6-10-19)28-23(29)17(14-27)12-15-2-7-20(8-3-15)32-24(30)16-4-11-21(25)22(26)13-16/h2-13H,1H3,(H,28,29)/b17-12+. The molecule has 0 saturated carbocycles. The Labute approximate surface area is 194 Å². The second-order valence-electron chi connectivity index (χ2n) is 6.44. The third-order valence-electron chi connectivity index (χ3n) is 4.27. The summed E-state index contributed by atoms with van der Waals surface area (Å²) in [6.07, 6.45) is 1.43. The van der Waals surface area contributed by atoms with Crippen LogP contribution in [0.5, 0.6) is 11.5 Å². The van der Waals surface area contributed by atoms with E-state index in [1.807, 2.05) is 6.07 Å². The van der Waals surface area contributed by atoms with Crippen molar-refractivity contribution in [3.05, 3.63) is 93.5 Å². The number of carbonyl (C=O) groups excluding carboxylic acids is 2. The van der Waals surface area contributed by atoms with Crippen molar-refractivity contribution >= 4 is 46.8 Å². The van der Waals surface area contributed by atoms with Crippen LogP contribution in [0.15, 0.2) is 72.3 Å². The maximum atomic E-state index is 12.4. The summed E-state index contributed by atoms with van der Waals surface area (Å²) >= 11 is 11.8. The van der Waals surface area contributed by atoms with E-state index in [0.717, 1.165) is 0 Å². The molecule has 32 heavy (non-hydrogen) atoms. The highest BCUT2D eigenvalue weighted by molar-refractivity contribution is 6.42. The number of amides is 1. The molecule has 0 saturated heterocycles. The van der Waals surface area contributed by atoms with Crippen molar-refractivity contribution in [3.8, 4) is 17.6 Å². The van der Waals surface area contributed by atoms with Gasteiger partial charge in [-0.2, -0.15) is 5.26 Å². The molecule has 1 N–H and O–H groups in total. The number of esters is 1. The number of rotatable bonds is 6. The molecule has 0 aliphatic rings. The Morgan fingerprint density at radius 3 is 2.19 bits per heavy atom. The van der Waals surface area contributed by atoms with Gasteiger partial charge in [-0.15, -0.1) is 0 Å². The van der Waals surface area contributed by atoms with Crippen LogP contribution in [0.1, 0.15) is 15.9 Å². The number of nitrogens with zero attached hydrogens (tertiary/aromatic N) is 1. The van der Waals surface area contributed by atoms with Crippen molar-refractivity contribution in [3.63, 3.8) is 0 Å². The van der Waals surface area contributed by atoms with E-state index in [9.17, 15) is 14.9 Å². The molecule has 1 amide bonds. The molecule has 3 rings (SSSR count). The number of hydrogen-bond donors (Lipinski definition) is 1. The number of anilines is 1. The van der Waals surface area contributed by atoms with E-state index in [1.165, 1.54) is 24.3 Å². The zero-order valence-corrected chi connectivity index (χ0v) is 18.3. The average molecular weight is 467 g/mol. The SMILES string of the molecule is COc1ccc(NC(=O)/C(C#N)=C/c2ccc(OC(=O)c3ccc(Cl)c(Cl)c3)cc2)cc1. The van der Waals surface area contributed by atoms with E-state index in [0.29, 0.717) is 27.8 Å². The van der Waals surface area contributed by atoms with Gasteiger partial charge in [0.1, 0.15) is 23.1 Å². The molecule has 3 aromatic carbocycles. The third kappa shape index (κ3) is 5.88. The molecule has 6 nitrogen and oxygen atoms in total. The Bertz CT molecular complexity index is 1210. The summed E-state index contributed by atoms with van der Waals surface area (Å²) in [4.78, 5) is 24.7. The van der Waals surface area contributed by atoms with Crippen molar-refractivity contribution in [2.75, 3.05) is 12.4 Å². The fourth-order valence-electron chi connectivity index (χ4n) is 2.61. The number of nitrogens with one attached hydrogen (secondary N) is 1. The van der Waals surface area contributed by atoms with Crippen LogP contribution in [0.4, 0.5) is 5.69 Å². The molecule has 0 aromatic heterocycles. The van der Waals surface area contributed by atoms with Crippen molar-refractivity contribution in [2.45, 2.75) is 0 Å². The second kappa shape index (κ2) is 10.5. The quantitative estimate of drug-likeness (QED) is 0.215. The molecule has 0 atom stereocenters. The zero-order chi connectivity index (χ0) is 23.1. The van der Waals surface area contributed by atoms with Gasteiger partial charge in [-0.3, -0.25) is 4.79 Å². The highest BCUT2D eigenvalue weighted by Crippen LogP contribution is 2.24. The zero-order valence-electron chi connectivity index (χ0n) is 16.8. The van der Waals surface area contributed by atoms with Gasteiger partial charge < -0.3 is 14.8 Å². The van der Waals surface area contributed by atoms with E-state index < -0.39 is 11.9 Å². The predicted molar refractivity (Wildman–Crippen MR) is 123 cm³/mol. The lowest BCUT2D eigenvalue weighted by Gasteiger charge is -2.07. The van der Waals surface area contributed by atoms with Gasteiger partial charge in [-0.05, 0) is 66.2 Å². The third-order valence-corrected chi connectivity index (χ3v) is 5.01. The molecule has 0 bridgehead atoms. The molecule has 0 heterocycles. The Morgan fingerprint density at radius 2 is 1.59 bits per heavy atom. The first-order chi connectivity index (χ1) is 15.4. The molecular formula is C24H16Cl2N2O4. The molecule has 0 spiro atoms. The smallest absolute Gasteiger partial charge is 0.343 e. The van der Waals surface area contributed by atoms with Crippen LogP contribution in [-0.2, 0) is 4.79 Å². The fourth-order valence-corrected chi connectivity index (χ4v) is 2.91. The number of hydrogen-bond acceptors (Lipinski definition) is 5. The topological polar surface area (TPSA) is 88.4 Å². The first-order valence-electron chi connectivity index (χ1n) is 9.24. The molecule has 0 aliphatic carbocycles. The molecule has 0 fully saturated rings. The van der Waals surface area contributed by atoms with Crippen LogP contribution in [0, 0.1) is 11.3 Å². The van der Waals surface area contributed by atoms with Crippen molar-refractivity contribution in [2.24, 2.45) is 0 Å². The molecule has 0 radical (unpaired) electrons. The van der Waals surface area contributed by atoms with Crippen LogP contribution in [0.2, 0.25) is 10.0 Å². The number of carbonyl (C=O) groups is 2. The molecular weight excluding hydrogens is 451 g/mol. The number of nitriles is 1. The van der Waals surface area contributed by atoms with Crippen LogP contribution in [0.3, 0.4) is 0 Å². The summed E-state index contributed by atoms with van der Waals surface area (Å²) in [6.45, 7) is 0. The Morgan fingerprint density at radius 1 is 0.938 bits per heavy atom. The molecule has 0 aliphatic heterocycles. The number of methoxy groups -OCH3 is 1. The minimum atomic E-state index is -0.594. The number of benzene rings is 3. The Hall–Kier alpha value is -3.79. The second-order valence-corrected chi connectivity index (χ2v) is 7.25. The van der Waals surface area contributed by atoms with E-state index in [1.54, 1.807) is 55.6 Å². The Kier molecular flexibility index (Phi) is 7.50. The van der Waals surface area contributed by atoms with Crippen LogP contribution < -0.4 is 14.8 Å². The lowest BCUT2D eigenvalue weighted by atomic mass is 10.1. The Balaban J connectivity index is 1.67. The van der Waals surface area contributed by atoms with Gasteiger partial charge in [0.2, 0.25) is 0 Å². The first-order valence-corrected chi connectivity index (χ1v) is 9.99. The summed E-state index contributed by atoms with van der Waals surface area (Å²) < 4.78 is 10.4. The predicted octanol–water partition coefficient (Wildman–Crippen LogP) is 5.77. The summed E-state index contributed by atoms with van der Waals surface area (Å²) in [5, 5.41) is 12.6. The lowest BCUT2D eigenvalue weighted by molar-refractivity contribution is -0.112. The van der Waals surface area contributed by atoms with Gasteiger partial charge in [0, 0.05) is 5.69 Å². The monoisotopic (exact) mass is 466 g/mol.